The fourth-order valence-electron chi connectivity index (χ4n) is 5.37. The summed E-state index contributed by atoms with van der Waals surface area (Å²) in [4.78, 5) is 4.97. The summed E-state index contributed by atoms with van der Waals surface area (Å²) in [6, 6.07) is 16.3. The molecule has 0 saturated heterocycles. The Hall–Kier alpha value is -5.47. The Morgan fingerprint density at radius 2 is 1.00 bits per heavy atom. The number of aromatic nitrogens is 2. The van der Waals surface area contributed by atoms with Gasteiger partial charge < -0.3 is 0 Å². The molecule has 7 aromatic carbocycles. The van der Waals surface area contributed by atoms with Crippen LogP contribution < -0.4 is 0 Å². The second kappa shape index (κ2) is 9.62. The average Bonchev–Trinajstić information content (AvgIpc) is 3.58. The average molecular weight is 536 g/mol. The van der Waals surface area contributed by atoms with E-state index in [1.807, 2.05) is 42.5 Å². The van der Waals surface area contributed by atoms with Crippen molar-refractivity contribution >= 4 is 32.6 Å². The van der Waals surface area contributed by atoms with E-state index in [1.165, 1.54) is 12.1 Å². The highest BCUT2D eigenvalue weighted by molar-refractivity contribution is 6.21. The van der Waals surface area contributed by atoms with Gasteiger partial charge in [0.15, 0.2) is 0 Å². The van der Waals surface area contributed by atoms with Crippen molar-refractivity contribution in [3.8, 4) is 39.3 Å². The Labute approximate surface area is 257 Å². The van der Waals surface area contributed by atoms with E-state index in [9.17, 15) is 5.48 Å². The molecule has 0 fully saturated rings. The number of hydrogen-bond acceptors (Lipinski definition) is 1. The Morgan fingerprint density at radius 1 is 0.463 bits per heavy atom. The molecule has 0 amide bonds. The maximum Gasteiger partial charge on any atom is 0.146 e. The highest BCUT2D eigenvalue weighted by Crippen LogP contribution is 2.44. The van der Waals surface area contributed by atoms with Crippen molar-refractivity contribution in [3.63, 3.8) is 0 Å². The Balaban J connectivity index is 1.58. The molecule has 8 aromatic rings. The number of nitrogens with zero attached hydrogens (tertiary/aromatic N) is 2. The Bertz CT molecular complexity index is 2790. The third kappa shape index (κ3) is 3.84. The van der Waals surface area contributed by atoms with Crippen LogP contribution in [0.2, 0.25) is 0 Å². The summed E-state index contributed by atoms with van der Waals surface area (Å²) in [6.45, 7) is 0. The number of imidazole rings is 1. The number of fused-ring (bicyclic) bond motifs is 3. The third-order valence-electron chi connectivity index (χ3n) is 7.14. The van der Waals surface area contributed by atoms with E-state index in [-0.39, 0.29) is 49.6 Å². The molecule has 2 nitrogen and oxygen atoms in total. The van der Waals surface area contributed by atoms with Crippen LogP contribution in [0.25, 0.3) is 71.9 Å². The van der Waals surface area contributed by atoms with Crippen LogP contribution in [0, 0.1) is 0 Å². The zero-order valence-corrected chi connectivity index (χ0v) is 21.4. The van der Waals surface area contributed by atoms with E-state index in [2.05, 4.69) is 0 Å². The predicted octanol–water partition coefficient (Wildman–Crippen LogP) is 10.3. The molecule has 0 aliphatic carbocycles. The van der Waals surface area contributed by atoms with Crippen molar-refractivity contribution in [1.82, 2.24) is 9.55 Å². The highest BCUT2D eigenvalue weighted by Gasteiger charge is 2.21. The van der Waals surface area contributed by atoms with Crippen molar-refractivity contribution in [1.29, 1.82) is 0 Å². The molecule has 0 radical (unpaired) electrons. The van der Waals surface area contributed by atoms with Gasteiger partial charge >= 0.3 is 0 Å². The predicted molar refractivity (Wildman–Crippen MR) is 172 cm³/mol. The van der Waals surface area contributed by atoms with Gasteiger partial charge in [-0.1, -0.05) is 133 Å². The van der Waals surface area contributed by atoms with Gasteiger partial charge in [0, 0.05) is 11.3 Å². The van der Waals surface area contributed by atoms with Gasteiger partial charge in [0.25, 0.3) is 0 Å². The van der Waals surface area contributed by atoms with Gasteiger partial charge in [-0.15, -0.1) is 0 Å². The molecule has 0 bridgehead atoms. The molecule has 192 valence electrons. The van der Waals surface area contributed by atoms with Crippen molar-refractivity contribution < 1.29 is 17.8 Å². The monoisotopic (exact) mass is 535 g/mol. The first kappa shape index (κ1) is 13.7. The van der Waals surface area contributed by atoms with E-state index in [1.54, 1.807) is 28.8 Å². The second-order valence-corrected chi connectivity index (χ2v) is 9.42. The first-order valence-electron chi connectivity index (χ1n) is 19.4. The fourth-order valence-corrected chi connectivity index (χ4v) is 5.37. The number of rotatable bonds is 4. The van der Waals surface area contributed by atoms with Gasteiger partial charge in [0.05, 0.1) is 28.9 Å². The van der Waals surface area contributed by atoms with Crippen LogP contribution in [0.5, 0.6) is 0 Å². The number of benzene rings is 7. The smallest absolute Gasteiger partial charge is 0.146 e. The lowest BCUT2D eigenvalue weighted by Gasteiger charge is -2.18. The van der Waals surface area contributed by atoms with Crippen LogP contribution in [-0.4, -0.2) is 9.55 Å². The summed E-state index contributed by atoms with van der Waals surface area (Å²) in [7, 11) is 0. The quantitative estimate of drug-likeness (QED) is 0.205. The first-order valence-corrected chi connectivity index (χ1v) is 12.9. The molecule has 2 heteroatoms. The van der Waals surface area contributed by atoms with E-state index < -0.39 is 78.6 Å². The number of hydrogen-bond donors (Lipinski definition) is 0. The van der Waals surface area contributed by atoms with E-state index in [4.69, 9.17) is 17.3 Å². The zero-order valence-electron chi connectivity index (χ0n) is 34.4. The molecule has 0 atom stereocenters. The third-order valence-corrected chi connectivity index (χ3v) is 7.14. The second-order valence-electron chi connectivity index (χ2n) is 9.42. The first-order chi connectivity index (χ1) is 25.8. The summed E-state index contributed by atoms with van der Waals surface area (Å²) in [5.74, 6) is 0.204. The SMILES string of the molecule is [2H]c1c([2H])c([2H])c(-c2ccc(-c3c4c([2H])c([2H])c([2H])c([2H])c4c(-c4nc5ccccc5n4-c4ccccc4)c4c([2H])c([2H])c([2H])c([2H])c34)cc2)c([2H])c1[2H]. The van der Waals surface area contributed by atoms with E-state index in [0.29, 0.717) is 22.3 Å². The highest BCUT2D eigenvalue weighted by atomic mass is 15.1. The van der Waals surface area contributed by atoms with Gasteiger partial charge in [-0.2, -0.15) is 0 Å². The molecule has 0 aliphatic heterocycles. The summed E-state index contributed by atoms with van der Waals surface area (Å²) in [5, 5.41) is -0.0158. The van der Waals surface area contributed by atoms with Gasteiger partial charge in [-0.25, -0.2) is 4.98 Å². The Morgan fingerprint density at radius 3 is 1.66 bits per heavy atom. The summed E-state index contributed by atoms with van der Waals surface area (Å²) < 4.78 is 115. The van der Waals surface area contributed by atoms with Crippen LogP contribution in [-0.2, 0) is 0 Å². The lowest BCUT2D eigenvalue weighted by atomic mass is 9.87. The Kier molecular flexibility index (Phi) is 3.22. The van der Waals surface area contributed by atoms with Crippen molar-refractivity contribution in [2.24, 2.45) is 0 Å². The molecule has 8 rings (SSSR count). The van der Waals surface area contributed by atoms with Crippen LogP contribution in [0.15, 0.2) is 157 Å². The van der Waals surface area contributed by atoms with Crippen molar-refractivity contribution in [2.45, 2.75) is 0 Å². The molecule has 0 aliphatic rings. The van der Waals surface area contributed by atoms with E-state index >= 15 is 0 Å². The van der Waals surface area contributed by atoms with Crippen molar-refractivity contribution in [2.75, 3.05) is 0 Å². The van der Waals surface area contributed by atoms with Gasteiger partial charge in [-0.05, 0) is 68.1 Å². The van der Waals surface area contributed by atoms with Gasteiger partial charge in [-0.3, -0.25) is 4.57 Å². The minimum Gasteiger partial charge on any atom is -0.292 e. The standard InChI is InChI=1S/C39H26N2/c1-3-13-27(14-4-1)28-23-25-29(26-24-28)37-31-17-7-9-19-33(31)38(34-20-10-8-18-32(34)37)39-40-35-21-11-12-22-36(35)41(39)30-15-5-2-6-16-30/h1-26H/i1D,3D,4D,7D,8D,9D,10D,13D,14D,17D,18D,19D,20D. The lowest BCUT2D eigenvalue weighted by Crippen LogP contribution is -1.99. The minimum absolute atomic E-state index is 0.00393. The summed E-state index contributed by atoms with van der Waals surface area (Å²) in [5.41, 5.74) is 2.62. The van der Waals surface area contributed by atoms with E-state index in [0.717, 1.165) is 0 Å². The fraction of sp³-hybridized carbons (Fsp3) is 0. The van der Waals surface area contributed by atoms with Crippen LogP contribution in [0.3, 0.4) is 0 Å². The van der Waals surface area contributed by atoms with Crippen LogP contribution in [0.4, 0.5) is 0 Å². The summed E-state index contributed by atoms with van der Waals surface area (Å²) in [6.07, 6.45) is 0. The lowest BCUT2D eigenvalue weighted by molar-refractivity contribution is 1.11. The maximum atomic E-state index is 9.32. The molecule has 0 spiro atoms. The molecule has 1 aromatic heterocycles. The maximum absolute atomic E-state index is 9.32. The van der Waals surface area contributed by atoms with Gasteiger partial charge in [0.2, 0.25) is 0 Å². The minimum atomic E-state index is -0.549. The van der Waals surface area contributed by atoms with Crippen LogP contribution >= 0.6 is 0 Å². The van der Waals surface area contributed by atoms with Gasteiger partial charge in [0.1, 0.15) is 5.82 Å². The van der Waals surface area contributed by atoms with Crippen LogP contribution in [0.1, 0.15) is 17.8 Å². The molecule has 1 heterocycles. The topological polar surface area (TPSA) is 17.8 Å². The molecular formula is C39H26N2. The number of para-hydroxylation sites is 3. The van der Waals surface area contributed by atoms with Crippen molar-refractivity contribution in [3.05, 3.63) is 157 Å². The summed E-state index contributed by atoms with van der Waals surface area (Å²) >= 11 is 0. The molecule has 41 heavy (non-hydrogen) atoms. The largest absolute Gasteiger partial charge is 0.292 e. The molecule has 0 unspecified atom stereocenters. The normalized spacial score (nSPS) is 15.9. The molecule has 0 saturated carbocycles. The molecular weight excluding hydrogens is 496 g/mol. The zero-order chi connectivity index (χ0) is 38.5. The molecule has 0 N–H and O–H groups in total.